The lowest BCUT2D eigenvalue weighted by Gasteiger charge is -2.10. The Morgan fingerprint density at radius 3 is 2.42 bits per heavy atom. The average molecular weight is 371 g/mol. The second-order valence-corrected chi connectivity index (χ2v) is 7.88. The molecule has 0 unspecified atom stereocenters. The van der Waals surface area contributed by atoms with Gasteiger partial charge in [0.05, 0.1) is 29.6 Å². The molecule has 0 amide bonds. The number of aromatic nitrogens is 1. The van der Waals surface area contributed by atoms with Gasteiger partial charge in [-0.05, 0) is 47.9 Å². The molecule has 0 aliphatic carbocycles. The van der Waals surface area contributed by atoms with E-state index in [2.05, 4.69) is 28.9 Å². The van der Waals surface area contributed by atoms with E-state index in [1.807, 2.05) is 24.3 Å². The predicted molar refractivity (Wildman–Crippen MR) is 102 cm³/mol. The quantitative estimate of drug-likeness (QED) is 0.650. The summed E-state index contributed by atoms with van der Waals surface area (Å²) in [5.74, 6) is 1.78. The van der Waals surface area contributed by atoms with Crippen LogP contribution in [0.1, 0.15) is 31.1 Å². The van der Waals surface area contributed by atoms with Gasteiger partial charge in [-0.15, -0.1) is 0 Å². The van der Waals surface area contributed by atoms with Crippen LogP contribution < -0.4 is 10.0 Å². The zero-order chi connectivity index (χ0) is 18.6. The summed E-state index contributed by atoms with van der Waals surface area (Å²) in [6.07, 6.45) is 3.08. The van der Waals surface area contributed by atoms with Gasteiger partial charge in [-0.2, -0.15) is 0 Å². The molecule has 2 N–H and O–H groups in total. The van der Waals surface area contributed by atoms with Crippen LogP contribution in [0, 0.1) is 0 Å². The molecule has 3 rings (SSSR count). The van der Waals surface area contributed by atoms with Gasteiger partial charge in [0.2, 0.25) is 0 Å². The standard InChI is InChI=1S/C19H21N3O3S/c1-14(2)15-5-8-18(9-6-15)26(23,24)22-16-7-10-19(20-12-16)21-13-17-4-3-11-25-17/h3-12,14,22H,13H2,1-2H3,(H,20,21). The summed E-state index contributed by atoms with van der Waals surface area (Å²) in [6.45, 7) is 4.64. The maximum atomic E-state index is 12.5. The third-order valence-corrected chi connectivity index (χ3v) is 5.29. The van der Waals surface area contributed by atoms with Crippen LogP contribution in [0.3, 0.4) is 0 Å². The van der Waals surface area contributed by atoms with E-state index in [0.29, 0.717) is 24.0 Å². The highest BCUT2D eigenvalue weighted by Crippen LogP contribution is 2.20. The van der Waals surface area contributed by atoms with Crippen molar-refractivity contribution in [2.75, 3.05) is 10.0 Å². The molecule has 0 aliphatic heterocycles. The highest BCUT2D eigenvalue weighted by molar-refractivity contribution is 7.92. The molecule has 0 fully saturated rings. The Labute approximate surface area is 153 Å². The second-order valence-electron chi connectivity index (χ2n) is 6.19. The van der Waals surface area contributed by atoms with Gasteiger partial charge in [0.25, 0.3) is 10.0 Å². The van der Waals surface area contributed by atoms with E-state index in [4.69, 9.17) is 4.42 Å². The SMILES string of the molecule is CC(C)c1ccc(S(=O)(=O)Nc2ccc(NCc3ccco3)nc2)cc1. The number of hydrogen-bond acceptors (Lipinski definition) is 5. The lowest BCUT2D eigenvalue weighted by molar-refractivity contribution is 0.518. The lowest BCUT2D eigenvalue weighted by Crippen LogP contribution is -2.13. The molecule has 26 heavy (non-hydrogen) atoms. The molecule has 7 heteroatoms. The number of rotatable bonds is 7. The lowest BCUT2D eigenvalue weighted by atomic mass is 10.0. The number of anilines is 2. The number of nitrogens with zero attached hydrogens (tertiary/aromatic N) is 1. The Balaban J connectivity index is 1.65. The van der Waals surface area contributed by atoms with E-state index in [-0.39, 0.29) is 4.90 Å². The molecule has 0 saturated heterocycles. The van der Waals surface area contributed by atoms with Gasteiger partial charge in [-0.25, -0.2) is 13.4 Å². The first-order chi connectivity index (χ1) is 12.4. The van der Waals surface area contributed by atoms with Gasteiger partial charge in [0.15, 0.2) is 0 Å². The summed E-state index contributed by atoms with van der Waals surface area (Å²) >= 11 is 0. The third-order valence-electron chi connectivity index (χ3n) is 3.90. The topological polar surface area (TPSA) is 84.2 Å². The van der Waals surface area contributed by atoms with Gasteiger partial charge in [-0.1, -0.05) is 26.0 Å². The molecule has 6 nitrogen and oxygen atoms in total. The number of nitrogens with one attached hydrogen (secondary N) is 2. The molecule has 2 aromatic heterocycles. The Kier molecular flexibility index (Phi) is 5.27. The number of furan rings is 1. The molecule has 0 aliphatic rings. The van der Waals surface area contributed by atoms with Crippen LogP contribution >= 0.6 is 0 Å². The number of sulfonamides is 1. The van der Waals surface area contributed by atoms with Crippen LogP contribution in [0.4, 0.5) is 11.5 Å². The summed E-state index contributed by atoms with van der Waals surface area (Å²) in [5, 5.41) is 3.10. The number of pyridine rings is 1. The Bertz CT molecular complexity index is 933. The molecule has 2 heterocycles. The normalized spacial score (nSPS) is 11.5. The summed E-state index contributed by atoms with van der Waals surface area (Å²) in [6, 6.07) is 13.9. The highest BCUT2D eigenvalue weighted by atomic mass is 32.2. The summed E-state index contributed by atoms with van der Waals surface area (Å²) < 4.78 is 32.7. The smallest absolute Gasteiger partial charge is 0.261 e. The van der Waals surface area contributed by atoms with Gasteiger partial charge in [0, 0.05) is 0 Å². The van der Waals surface area contributed by atoms with Crippen molar-refractivity contribution in [1.82, 2.24) is 4.98 Å². The molecule has 136 valence electrons. The van der Waals surface area contributed by atoms with Crippen molar-refractivity contribution in [1.29, 1.82) is 0 Å². The first kappa shape index (κ1) is 18.0. The molecule has 3 aromatic rings. The molecule has 0 radical (unpaired) electrons. The van der Waals surface area contributed by atoms with E-state index in [0.717, 1.165) is 11.3 Å². The predicted octanol–water partition coefficient (Wildman–Crippen LogP) is 4.21. The number of hydrogen-bond donors (Lipinski definition) is 2. The summed E-state index contributed by atoms with van der Waals surface area (Å²) in [4.78, 5) is 4.44. The second kappa shape index (κ2) is 7.61. The van der Waals surface area contributed by atoms with Gasteiger partial charge in [-0.3, -0.25) is 4.72 Å². The first-order valence-electron chi connectivity index (χ1n) is 8.29. The Morgan fingerprint density at radius 1 is 1.08 bits per heavy atom. The zero-order valence-electron chi connectivity index (χ0n) is 14.6. The van der Waals surface area contributed by atoms with Crippen molar-refractivity contribution in [2.24, 2.45) is 0 Å². The van der Waals surface area contributed by atoms with Crippen LogP contribution in [0.2, 0.25) is 0 Å². The molecule has 0 bridgehead atoms. The van der Waals surface area contributed by atoms with E-state index >= 15 is 0 Å². The molecular formula is C19H21N3O3S. The van der Waals surface area contributed by atoms with Crippen molar-refractivity contribution < 1.29 is 12.8 Å². The van der Waals surface area contributed by atoms with E-state index in [1.54, 1.807) is 30.5 Å². The number of benzene rings is 1. The largest absolute Gasteiger partial charge is 0.467 e. The highest BCUT2D eigenvalue weighted by Gasteiger charge is 2.14. The third kappa shape index (κ3) is 4.43. The van der Waals surface area contributed by atoms with Gasteiger partial charge in [0.1, 0.15) is 11.6 Å². The van der Waals surface area contributed by atoms with Crippen LogP contribution in [0.25, 0.3) is 0 Å². The van der Waals surface area contributed by atoms with E-state index in [9.17, 15) is 8.42 Å². The molecule has 0 atom stereocenters. The fourth-order valence-electron chi connectivity index (χ4n) is 2.40. The zero-order valence-corrected chi connectivity index (χ0v) is 15.5. The average Bonchev–Trinajstić information content (AvgIpc) is 3.14. The van der Waals surface area contributed by atoms with Crippen molar-refractivity contribution in [2.45, 2.75) is 31.2 Å². The fraction of sp³-hybridized carbons (Fsp3) is 0.211. The van der Waals surface area contributed by atoms with Crippen LogP contribution in [-0.2, 0) is 16.6 Å². The van der Waals surface area contributed by atoms with Gasteiger partial charge < -0.3 is 9.73 Å². The van der Waals surface area contributed by atoms with E-state index in [1.165, 1.54) is 6.20 Å². The van der Waals surface area contributed by atoms with Crippen LogP contribution in [0.15, 0.2) is 70.3 Å². The van der Waals surface area contributed by atoms with Crippen LogP contribution in [0.5, 0.6) is 0 Å². The van der Waals surface area contributed by atoms with Crippen molar-refractivity contribution in [3.8, 4) is 0 Å². The maximum absolute atomic E-state index is 12.5. The summed E-state index contributed by atoms with van der Waals surface area (Å²) in [7, 11) is -3.64. The monoisotopic (exact) mass is 371 g/mol. The fourth-order valence-corrected chi connectivity index (χ4v) is 3.44. The van der Waals surface area contributed by atoms with Crippen molar-refractivity contribution >= 4 is 21.5 Å². The van der Waals surface area contributed by atoms with Gasteiger partial charge >= 0.3 is 0 Å². The minimum atomic E-state index is -3.64. The minimum Gasteiger partial charge on any atom is -0.467 e. The van der Waals surface area contributed by atoms with Crippen molar-refractivity contribution in [3.05, 3.63) is 72.3 Å². The Morgan fingerprint density at radius 2 is 1.85 bits per heavy atom. The first-order valence-corrected chi connectivity index (χ1v) is 9.77. The maximum Gasteiger partial charge on any atom is 0.261 e. The van der Waals surface area contributed by atoms with Crippen LogP contribution in [-0.4, -0.2) is 13.4 Å². The van der Waals surface area contributed by atoms with Crippen molar-refractivity contribution in [3.63, 3.8) is 0 Å². The molecule has 0 spiro atoms. The summed E-state index contributed by atoms with van der Waals surface area (Å²) in [5.41, 5.74) is 1.50. The molecule has 0 saturated carbocycles. The molecular weight excluding hydrogens is 350 g/mol. The minimum absolute atomic E-state index is 0.224. The molecule has 1 aromatic carbocycles. The van der Waals surface area contributed by atoms with E-state index < -0.39 is 10.0 Å². The Hall–Kier alpha value is -2.80.